The molecule has 0 radical (unpaired) electrons. The lowest BCUT2D eigenvalue weighted by Crippen LogP contribution is -2.61. The number of nitrogens with one attached hydrogen (secondary N) is 2. The Bertz CT molecular complexity index is 731. The van der Waals surface area contributed by atoms with Crippen LogP contribution in [0, 0.1) is 0 Å². The van der Waals surface area contributed by atoms with Gasteiger partial charge in [-0.3, -0.25) is 9.59 Å². The standard InChI is InChI=1S/C20H28N2O9/c23-13(21-12-8-4-3-5-9-12)10-6-1-2-7-11-14(24)22-31-20-17(27)15(25)16(26)18(30-20)19(28)29/h3-5,8-9,15-18,20,25-27H,1-2,6-7,10-11H2,(H,21,23)(H,22,24)(H,28,29)/t15-,16-,17-,18?,20-/m1/s1. The van der Waals surface area contributed by atoms with E-state index in [1.54, 1.807) is 12.1 Å². The first-order valence-electron chi connectivity index (χ1n) is 10.0. The van der Waals surface area contributed by atoms with Crippen molar-refractivity contribution >= 4 is 23.5 Å². The third-order valence-corrected chi connectivity index (χ3v) is 4.72. The Morgan fingerprint density at radius 3 is 2.10 bits per heavy atom. The van der Waals surface area contributed by atoms with E-state index in [1.807, 2.05) is 23.7 Å². The molecule has 172 valence electrons. The fourth-order valence-corrected chi connectivity index (χ4v) is 2.99. The molecule has 1 heterocycles. The molecule has 11 heteroatoms. The van der Waals surface area contributed by atoms with Crippen molar-refractivity contribution in [1.29, 1.82) is 0 Å². The average molecular weight is 440 g/mol. The molecule has 1 aromatic carbocycles. The molecule has 0 saturated carbocycles. The van der Waals surface area contributed by atoms with Crippen molar-refractivity contribution < 1.29 is 44.4 Å². The molecule has 1 aliphatic heterocycles. The van der Waals surface area contributed by atoms with Crippen LogP contribution < -0.4 is 10.8 Å². The van der Waals surface area contributed by atoms with Gasteiger partial charge in [-0.25, -0.2) is 15.1 Å². The SMILES string of the molecule is O=C(CCCCCCC(=O)Nc1ccccc1)NO[C@H]1OC(C(=O)O)[C@H](O)[C@@H](O)[C@H]1O. The van der Waals surface area contributed by atoms with E-state index in [2.05, 4.69) is 5.32 Å². The van der Waals surface area contributed by atoms with Gasteiger partial charge in [-0.1, -0.05) is 31.0 Å². The average Bonchev–Trinajstić information content (AvgIpc) is 2.74. The predicted octanol–water partition coefficient (Wildman–Crippen LogP) is -0.0943. The van der Waals surface area contributed by atoms with Gasteiger partial charge in [0, 0.05) is 18.5 Å². The summed E-state index contributed by atoms with van der Waals surface area (Å²) in [6.07, 6.45) is -5.69. The Morgan fingerprint density at radius 1 is 0.871 bits per heavy atom. The summed E-state index contributed by atoms with van der Waals surface area (Å²) < 4.78 is 4.88. The number of carboxylic acids is 1. The molecular weight excluding hydrogens is 412 g/mol. The number of hydrogen-bond acceptors (Lipinski definition) is 8. The van der Waals surface area contributed by atoms with Gasteiger partial charge in [0.25, 0.3) is 0 Å². The van der Waals surface area contributed by atoms with Crippen LogP contribution in [0.3, 0.4) is 0 Å². The van der Waals surface area contributed by atoms with Crippen LogP contribution in [-0.2, 0) is 24.0 Å². The molecule has 1 fully saturated rings. The summed E-state index contributed by atoms with van der Waals surface area (Å²) in [4.78, 5) is 39.5. The van der Waals surface area contributed by atoms with Crippen molar-refractivity contribution in [2.75, 3.05) is 5.32 Å². The highest BCUT2D eigenvalue weighted by Gasteiger charge is 2.47. The van der Waals surface area contributed by atoms with Crippen molar-refractivity contribution in [3.8, 4) is 0 Å². The number of aliphatic hydroxyl groups excluding tert-OH is 3. The fraction of sp³-hybridized carbons (Fsp3) is 0.550. The molecule has 11 nitrogen and oxygen atoms in total. The monoisotopic (exact) mass is 440 g/mol. The third-order valence-electron chi connectivity index (χ3n) is 4.72. The van der Waals surface area contributed by atoms with Gasteiger partial charge < -0.3 is 30.5 Å². The lowest BCUT2D eigenvalue weighted by Gasteiger charge is -2.37. The number of hydroxylamine groups is 1. The molecule has 1 unspecified atom stereocenters. The van der Waals surface area contributed by atoms with E-state index in [0.717, 1.165) is 12.1 Å². The Kier molecular flexibility index (Phi) is 9.82. The van der Waals surface area contributed by atoms with E-state index in [0.29, 0.717) is 25.7 Å². The minimum Gasteiger partial charge on any atom is -0.479 e. The van der Waals surface area contributed by atoms with Crippen LogP contribution in [0.4, 0.5) is 5.69 Å². The number of unbranched alkanes of at least 4 members (excludes halogenated alkanes) is 3. The molecule has 0 aromatic heterocycles. The zero-order valence-corrected chi connectivity index (χ0v) is 16.8. The first-order chi connectivity index (χ1) is 14.8. The Morgan fingerprint density at radius 2 is 1.48 bits per heavy atom. The smallest absolute Gasteiger partial charge is 0.335 e. The number of aliphatic carboxylic acids is 1. The van der Waals surface area contributed by atoms with Crippen LogP contribution in [0.1, 0.15) is 38.5 Å². The van der Waals surface area contributed by atoms with Gasteiger partial charge >= 0.3 is 5.97 Å². The van der Waals surface area contributed by atoms with Crippen LogP contribution in [0.5, 0.6) is 0 Å². The number of para-hydroxylation sites is 1. The number of aliphatic hydroxyl groups is 3. The summed E-state index contributed by atoms with van der Waals surface area (Å²) in [6.45, 7) is 0. The first kappa shape index (κ1) is 24.7. The Balaban J connectivity index is 1.57. The third kappa shape index (κ3) is 7.89. The van der Waals surface area contributed by atoms with Crippen molar-refractivity contribution in [3.05, 3.63) is 30.3 Å². The number of carbonyl (C=O) groups excluding carboxylic acids is 2. The summed E-state index contributed by atoms with van der Waals surface area (Å²) in [5.41, 5.74) is 2.78. The number of benzene rings is 1. The number of carbonyl (C=O) groups is 3. The summed E-state index contributed by atoms with van der Waals surface area (Å²) in [7, 11) is 0. The molecule has 1 saturated heterocycles. The summed E-state index contributed by atoms with van der Waals surface area (Å²) >= 11 is 0. The van der Waals surface area contributed by atoms with E-state index in [1.165, 1.54) is 0 Å². The molecule has 0 aliphatic carbocycles. The van der Waals surface area contributed by atoms with Crippen molar-refractivity contribution in [2.45, 2.75) is 69.2 Å². The van der Waals surface area contributed by atoms with Crippen LogP contribution in [0.25, 0.3) is 0 Å². The summed E-state index contributed by atoms with van der Waals surface area (Å²) in [6, 6.07) is 9.14. The highest BCUT2D eigenvalue weighted by molar-refractivity contribution is 5.90. The Labute approximate surface area is 178 Å². The number of anilines is 1. The molecule has 31 heavy (non-hydrogen) atoms. The van der Waals surface area contributed by atoms with Gasteiger partial charge in [0.1, 0.15) is 18.3 Å². The molecule has 1 aromatic rings. The number of hydrogen-bond donors (Lipinski definition) is 6. The molecule has 0 spiro atoms. The maximum Gasteiger partial charge on any atom is 0.335 e. The quantitative estimate of drug-likeness (QED) is 0.203. The van der Waals surface area contributed by atoms with Crippen molar-refractivity contribution in [2.24, 2.45) is 0 Å². The minimum absolute atomic E-state index is 0.0737. The molecule has 2 amide bonds. The van der Waals surface area contributed by atoms with Gasteiger partial charge in [-0.2, -0.15) is 0 Å². The maximum atomic E-state index is 11.8. The van der Waals surface area contributed by atoms with Crippen LogP contribution in [0.15, 0.2) is 30.3 Å². The first-order valence-corrected chi connectivity index (χ1v) is 10.0. The highest BCUT2D eigenvalue weighted by Crippen LogP contribution is 2.21. The topological polar surface area (TPSA) is 175 Å². The van der Waals surface area contributed by atoms with Crippen molar-refractivity contribution in [1.82, 2.24) is 5.48 Å². The fourth-order valence-electron chi connectivity index (χ4n) is 2.99. The van der Waals surface area contributed by atoms with Gasteiger partial charge in [0.2, 0.25) is 18.1 Å². The molecule has 1 aliphatic rings. The van der Waals surface area contributed by atoms with Crippen LogP contribution >= 0.6 is 0 Å². The van der Waals surface area contributed by atoms with Gasteiger partial charge in [0.05, 0.1) is 0 Å². The summed E-state index contributed by atoms with van der Waals surface area (Å²) in [5.74, 6) is -2.14. The number of ether oxygens (including phenoxy) is 1. The van der Waals surface area contributed by atoms with E-state index in [4.69, 9.17) is 14.7 Å². The molecule has 0 bridgehead atoms. The normalized spacial score (nSPS) is 25.6. The van der Waals surface area contributed by atoms with Crippen LogP contribution in [0.2, 0.25) is 0 Å². The highest BCUT2D eigenvalue weighted by atomic mass is 16.8. The van der Waals surface area contributed by atoms with E-state index in [-0.39, 0.29) is 12.3 Å². The zero-order valence-electron chi connectivity index (χ0n) is 16.8. The van der Waals surface area contributed by atoms with Crippen LogP contribution in [-0.4, -0.2) is 68.9 Å². The summed E-state index contributed by atoms with van der Waals surface area (Å²) in [5, 5.41) is 40.8. The lowest BCUT2D eigenvalue weighted by atomic mass is 9.99. The van der Waals surface area contributed by atoms with Gasteiger partial charge in [-0.15, -0.1) is 0 Å². The van der Waals surface area contributed by atoms with Crippen molar-refractivity contribution in [3.63, 3.8) is 0 Å². The Hall–Kier alpha value is -2.57. The number of amides is 2. The van der Waals surface area contributed by atoms with E-state index < -0.39 is 42.6 Å². The largest absolute Gasteiger partial charge is 0.479 e. The minimum atomic E-state index is -1.84. The lowest BCUT2D eigenvalue weighted by molar-refractivity contribution is -0.306. The second-order valence-electron chi connectivity index (χ2n) is 7.21. The zero-order chi connectivity index (χ0) is 22.8. The molecule has 6 N–H and O–H groups in total. The molecular formula is C20H28N2O9. The molecule has 5 atom stereocenters. The maximum absolute atomic E-state index is 11.8. The predicted molar refractivity (Wildman–Crippen MR) is 106 cm³/mol. The van der Waals surface area contributed by atoms with Gasteiger partial charge in [0.15, 0.2) is 6.10 Å². The second-order valence-corrected chi connectivity index (χ2v) is 7.21. The molecule has 2 rings (SSSR count). The number of rotatable bonds is 11. The number of carboxylic acid groups (broad SMARTS) is 1. The van der Waals surface area contributed by atoms with E-state index in [9.17, 15) is 29.7 Å². The van der Waals surface area contributed by atoms with Gasteiger partial charge in [-0.05, 0) is 25.0 Å². The van der Waals surface area contributed by atoms with E-state index >= 15 is 0 Å². The second kappa shape index (κ2) is 12.3.